The Morgan fingerprint density at radius 3 is 2.60 bits per heavy atom. The van der Waals surface area contributed by atoms with Crippen LogP contribution in [0.1, 0.15) is 48.5 Å². The van der Waals surface area contributed by atoms with Gasteiger partial charge in [-0.05, 0) is 17.9 Å². The lowest BCUT2D eigenvalue weighted by atomic mass is 9.93. The van der Waals surface area contributed by atoms with E-state index in [-0.39, 0.29) is 12.4 Å². The average molecular weight is 206 g/mol. The summed E-state index contributed by atoms with van der Waals surface area (Å²) in [7, 11) is 0. The van der Waals surface area contributed by atoms with Gasteiger partial charge in [-0.25, -0.2) is 0 Å². The smallest absolute Gasteiger partial charge is 0.163 e. The van der Waals surface area contributed by atoms with Crippen LogP contribution < -0.4 is 0 Å². The zero-order chi connectivity index (χ0) is 11.3. The molecule has 0 heterocycles. The molecule has 0 saturated carbocycles. The first-order valence-electron chi connectivity index (χ1n) is 5.39. The molecule has 0 aliphatic heterocycles. The van der Waals surface area contributed by atoms with Gasteiger partial charge in [-0.15, -0.1) is 0 Å². The standard InChI is InChI=1S/C13H18O2/c1-10(2)11-6-3-4-7-12(11)13(15)8-5-9-14/h3-4,6-7,10,14H,5,8-9H2,1-2H3. The van der Waals surface area contributed by atoms with Gasteiger partial charge in [0.15, 0.2) is 5.78 Å². The highest BCUT2D eigenvalue weighted by Gasteiger charge is 2.12. The third-order valence-electron chi connectivity index (χ3n) is 2.45. The molecule has 1 rings (SSSR count). The van der Waals surface area contributed by atoms with Gasteiger partial charge in [0, 0.05) is 18.6 Å². The van der Waals surface area contributed by atoms with Gasteiger partial charge in [-0.2, -0.15) is 0 Å². The molecule has 0 aliphatic rings. The minimum atomic E-state index is 0.0790. The Morgan fingerprint density at radius 2 is 2.00 bits per heavy atom. The van der Waals surface area contributed by atoms with Crippen LogP contribution in [0.4, 0.5) is 0 Å². The number of ketones is 1. The molecule has 0 saturated heterocycles. The second kappa shape index (κ2) is 5.66. The predicted octanol–water partition coefficient (Wildman–Crippen LogP) is 2.77. The number of Topliss-reactive ketones (excluding diaryl/α,β-unsaturated/α-hetero) is 1. The van der Waals surface area contributed by atoms with Crippen molar-refractivity contribution in [2.45, 2.75) is 32.6 Å². The lowest BCUT2D eigenvalue weighted by Gasteiger charge is -2.11. The van der Waals surface area contributed by atoms with E-state index in [1.165, 1.54) is 0 Å². The van der Waals surface area contributed by atoms with Crippen LogP contribution in [0.3, 0.4) is 0 Å². The van der Waals surface area contributed by atoms with Crippen molar-refractivity contribution in [3.05, 3.63) is 35.4 Å². The maximum absolute atomic E-state index is 11.8. The Bertz CT molecular complexity index is 329. The van der Waals surface area contributed by atoms with Crippen molar-refractivity contribution in [2.75, 3.05) is 6.61 Å². The average Bonchev–Trinajstić information content (AvgIpc) is 2.25. The van der Waals surface area contributed by atoms with E-state index < -0.39 is 0 Å². The quantitative estimate of drug-likeness (QED) is 0.752. The molecule has 2 heteroatoms. The Hall–Kier alpha value is -1.15. The summed E-state index contributed by atoms with van der Waals surface area (Å²) < 4.78 is 0. The second-order valence-corrected chi connectivity index (χ2v) is 3.99. The van der Waals surface area contributed by atoms with Crippen molar-refractivity contribution in [3.63, 3.8) is 0 Å². The minimum Gasteiger partial charge on any atom is -0.396 e. The molecule has 0 unspecified atom stereocenters. The topological polar surface area (TPSA) is 37.3 Å². The summed E-state index contributed by atoms with van der Waals surface area (Å²) in [5.41, 5.74) is 1.90. The summed E-state index contributed by atoms with van der Waals surface area (Å²) in [5, 5.41) is 8.69. The predicted molar refractivity (Wildman–Crippen MR) is 61.2 cm³/mol. The van der Waals surface area contributed by atoms with Crippen molar-refractivity contribution < 1.29 is 9.90 Å². The van der Waals surface area contributed by atoms with Crippen molar-refractivity contribution in [1.82, 2.24) is 0 Å². The largest absolute Gasteiger partial charge is 0.396 e. The monoisotopic (exact) mass is 206 g/mol. The number of benzene rings is 1. The van der Waals surface area contributed by atoms with Gasteiger partial charge in [0.05, 0.1) is 0 Å². The number of aliphatic hydroxyl groups is 1. The van der Waals surface area contributed by atoms with Gasteiger partial charge < -0.3 is 5.11 Å². The van der Waals surface area contributed by atoms with Gasteiger partial charge in [0.2, 0.25) is 0 Å². The molecule has 0 radical (unpaired) electrons. The summed E-state index contributed by atoms with van der Waals surface area (Å²) >= 11 is 0. The molecule has 82 valence electrons. The van der Waals surface area contributed by atoms with Crippen LogP contribution in [0, 0.1) is 0 Å². The molecule has 0 aliphatic carbocycles. The fourth-order valence-electron chi connectivity index (χ4n) is 1.63. The zero-order valence-electron chi connectivity index (χ0n) is 9.36. The lowest BCUT2D eigenvalue weighted by Crippen LogP contribution is -2.05. The molecule has 1 aromatic rings. The van der Waals surface area contributed by atoms with Crippen molar-refractivity contribution in [2.24, 2.45) is 0 Å². The summed E-state index contributed by atoms with van der Waals surface area (Å²) in [4.78, 5) is 11.8. The van der Waals surface area contributed by atoms with E-state index in [1.807, 2.05) is 24.3 Å². The number of hydrogen-bond acceptors (Lipinski definition) is 2. The molecule has 0 spiro atoms. The second-order valence-electron chi connectivity index (χ2n) is 3.99. The van der Waals surface area contributed by atoms with E-state index in [0.29, 0.717) is 18.8 Å². The number of carbonyl (C=O) groups is 1. The Labute approximate surface area is 90.9 Å². The highest BCUT2D eigenvalue weighted by Crippen LogP contribution is 2.20. The van der Waals surface area contributed by atoms with Crippen LogP contribution in [0.15, 0.2) is 24.3 Å². The Morgan fingerprint density at radius 1 is 1.33 bits per heavy atom. The molecule has 0 aromatic heterocycles. The first-order chi connectivity index (χ1) is 7.16. The summed E-state index contributed by atoms with van der Waals surface area (Å²) in [5.74, 6) is 0.493. The molecular formula is C13H18O2. The van der Waals surface area contributed by atoms with E-state index in [0.717, 1.165) is 11.1 Å². The van der Waals surface area contributed by atoms with Crippen LogP contribution >= 0.6 is 0 Å². The SMILES string of the molecule is CC(C)c1ccccc1C(=O)CCCO. The number of rotatable bonds is 5. The summed E-state index contributed by atoms with van der Waals surface area (Å²) in [6.07, 6.45) is 0.978. The maximum Gasteiger partial charge on any atom is 0.163 e. The van der Waals surface area contributed by atoms with E-state index in [1.54, 1.807) is 0 Å². The van der Waals surface area contributed by atoms with Crippen LogP contribution in [0.2, 0.25) is 0 Å². The molecule has 0 fully saturated rings. The molecule has 0 amide bonds. The third-order valence-corrected chi connectivity index (χ3v) is 2.45. The van der Waals surface area contributed by atoms with Crippen LogP contribution in [-0.4, -0.2) is 17.5 Å². The molecule has 1 aromatic carbocycles. The zero-order valence-corrected chi connectivity index (χ0v) is 9.36. The van der Waals surface area contributed by atoms with Gasteiger partial charge >= 0.3 is 0 Å². The van der Waals surface area contributed by atoms with E-state index >= 15 is 0 Å². The van der Waals surface area contributed by atoms with E-state index in [4.69, 9.17) is 5.11 Å². The number of carbonyl (C=O) groups excluding carboxylic acids is 1. The van der Waals surface area contributed by atoms with E-state index in [9.17, 15) is 4.79 Å². The molecule has 0 bridgehead atoms. The van der Waals surface area contributed by atoms with Crippen LogP contribution in [0.5, 0.6) is 0 Å². The molecule has 1 N–H and O–H groups in total. The lowest BCUT2D eigenvalue weighted by molar-refractivity contribution is 0.0970. The van der Waals surface area contributed by atoms with Crippen molar-refractivity contribution >= 4 is 5.78 Å². The number of aliphatic hydroxyl groups excluding tert-OH is 1. The highest BCUT2D eigenvalue weighted by atomic mass is 16.3. The Balaban J connectivity index is 2.87. The van der Waals surface area contributed by atoms with Crippen molar-refractivity contribution in [3.8, 4) is 0 Å². The van der Waals surface area contributed by atoms with Crippen molar-refractivity contribution in [1.29, 1.82) is 0 Å². The summed E-state index contributed by atoms with van der Waals surface area (Å²) in [6, 6.07) is 7.71. The van der Waals surface area contributed by atoms with Gasteiger partial charge in [0.1, 0.15) is 0 Å². The maximum atomic E-state index is 11.8. The van der Waals surface area contributed by atoms with Crippen LogP contribution in [-0.2, 0) is 0 Å². The molecule has 2 nitrogen and oxygen atoms in total. The fraction of sp³-hybridized carbons (Fsp3) is 0.462. The van der Waals surface area contributed by atoms with Gasteiger partial charge in [0.25, 0.3) is 0 Å². The molecule has 15 heavy (non-hydrogen) atoms. The first kappa shape index (κ1) is 11.9. The van der Waals surface area contributed by atoms with Gasteiger partial charge in [-0.3, -0.25) is 4.79 Å². The molecular weight excluding hydrogens is 188 g/mol. The van der Waals surface area contributed by atoms with E-state index in [2.05, 4.69) is 13.8 Å². The normalized spacial score (nSPS) is 10.7. The molecule has 0 atom stereocenters. The minimum absolute atomic E-state index is 0.0790. The van der Waals surface area contributed by atoms with Gasteiger partial charge in [-0.1, -0.05) is 38.1 Å². The number of hydrogen-bond donors (Lipinski definition) is 1. The third kappa shape index (κ3) is 3.17. The fourth-order valence-corrected chi connectivity index (χ4v) is 1.63. The highest BCUT2D eigenvalue weighted by molar-refractivity contribution is 5.97. The Kier molecular flexibility index (Phi) is 4.50. The van der Waals surface area contributed by atoms with Crippen LogP contribution in [0.25, 0.3) is 0 Å². The summed E-state index contributed by atoms with van der Waals surface area (Å²) in [6.45, 7) is 4.24. The first-order valence-corrected chi connectivity index (χ1v) is 5.39.